The lowest BCUT2D eigenvalue weighted by molar-refractivity contribution is -0.0819. The minimum Gasteiger partial charge on any atom is -0.421 e. The zero-order valence-corrected chi connectivity index (χ0v) is 17.1. The first-order chi connectivity index (χ1) is 16.1. The van der Waals surface area contributed by atoms with Crippen LogP contribution in [-0.4, -0.2) is 52.6 Å². The molecule has 0 bridgehead atoms. The molecule has 2 N–H and O–H groups in total. The Hall–Kier alpha value is -3.70. The van der Waals surface area contributed by atoms with E-state index in [0.717, 1.165) is 12.1 Å². The van der Waals surface area contributed by atoms with Crippen molar-refractivity contribution in [2.24, 2.45) is 0 Å². The van der Waals surface area contributed by atoms with E-state index in [9.17, 15) is 13.2 Å². The average molecular weight is 457 g/mol. The first-order valence-electron chi connectivity index (χ1n) is 10.2. The number of ether oxygens (including phenoxy) is 3. The number of halogens is 3. The first kappa shape index (κ1) is 21.2. The Balaban J connectivity index is 1.55. The molecule has 170 valence electrons. The molecule has 1 aliphatic rings. The highest BCUT2D eigenvalue weighted by atomic mass is 19.1. The third-order valence-electron chi connectivity index (χ3n) is 5.01. The summed E-state index contributed by atoms with van der Waals surface area (Å²) in [7, 11) is 0. The summed E-state index contributed by atoms with van der Waals surface area (Å²) in [6.07, 6.45) is -0.230. The van der Waals surface area contributed by atoms with Crippen molar-refractivity contribution in [3.63, 3.8) is 0 Å². The molecular weight excluding hydrogens is 439 g/mol. The molecule has 2 aromatic heterocycles. The molecule has 33 heavy (non-hydrogen) atoms. The second-order valence-electron chi connectivity index (χ2n) is 7.26. The minimum atomic E-state index is -0.905. The van der Waals surface area contributed by atoms with E-state index in [-0.39, 0.29) is 34.9 Å². The summed E-state index contributed by atoms with van der Waals surface area (Å²) in [4.78, 5) is 8.58. The molecule has 1 unspecified atom stereocenters. The van der Waals surface area contributed by atoms with Crippen molar-refractivity contribution in [2.45, 2.75) is 6.10 Å². The molecule has 1 atom stereocenters. The van der Waals surface area contributed by atoms with E-state index in [2.05, 4.69) is 25.5 Å². The van der Waals surface area contributed by atoms with Gasteiger partial charge in [-0.1, -0.05) is 12.1 Å². The zero-order valence-electron chi connectivity index (χ0n) is 17.1. The van der Waals surface area contributed by atoms with Gasteiger partial charge in [0.2, 0.25) is 0 Å². The van der Waals surface area contributed by atoms with Gasteiger partial charge in [-0.25, -0.2) is 13.2 Å². The zero-order chi connectivity index (χ0) is 22.8. The van der Waals surface area contributed by atoms with Gasteiger partial charge in [0.1, 0.15) is 23.1 Å². The van der Waals surface area contributed by atoms with Crippen LogP contribution in [0.2, 0.25) is 0 Å². The van der Waals surface area contributed by atoms with Gasteiger partial charge in [-0.3, -0.25) is 5.10 Å². The summed E-state index contributed by atoms with van der Waals surface area (Å²) in [5, 5.41) is 10.5. The molecule has 0 saturated carbocycles. The topological polar surface area (TPSA) is 94.2 Å². The lowest BCUT2D eigenvalue weighted by Gasteiger charge is -2.23. The van der Waals surface area contributed by atoms with Crippen LogP contribution in [0.15, 0.2) is 42.5 Å². The number of benzene rings is 2. The molecule has 0 radical (unpaired) electrons. The number of anilines is 1. The molecule has 0 amide bonds. The lowest BCUT2D eigenvalue weighted by atomic mass is 10.1. The van der Waals surface area contributed by atoms with Crippen LogP contribution in [0.25, 0.3) is 22.3 Å². The van der Waals surface area contributed by atoms with Crippen LogP contribution in [0.4, 0.5) is 19.0 Å². The molecule has 8 nitrogen and oxygen atoms in total. The number of H-pyrrole nitrogens is 1. The van der Waals surface area contributed by atoms with Gasteiger partial charge in [-0.05, 0) is 24.3 Å². The Labute approximate surface area is 185 Å². The van der Waals surface area contributed by atoms with Crippen molar-refractivity contribution >= 4 is 16.9 Å². The van der Waals surface area contributed by atoms with E-state index >= 15 is 0 Å². The van der Waals surface area contributed by atoms with Gasteiger partial charge < -0.3 is 19.5 Å². The quantitative estimate of drug-likeness (QED) is 0.451. The molecule has 3 heterocycles. The third-order valence-corrected chi connectivity index (χ3v) is 5.01. The summed E-state index contributed by atoms with van der Waals surface area (Å²) in [6, 6.07) is 8.86. The highest BCUT2D eigenvalue weighted by Gasteiger charge is 2.22. The number of hydrogen-bond donors (Lipinski definition) is 2. The van der Waals surface area contributed by atoms with Gasteiger partial charge in [0, 0.05) is 18.2 Å². The van der Waals surface area contributed by atoms with E-state index in [4.69, 9.17) is 14.2 Å². The molecule has 0 spiro atoms. The van der Waals surface area contributed by atoms with Crippen LogP contribution < -0.4 is 10.1 Å². The molecule has 1 aliphatic heterocycles. The van der Waals surface area contributed by atoms with Crippen molar-refractivity contribution in [3.05, 3.63) is 59.9 Å². The summed E-state index contributed by atoms with van der Waals surface area (Å²) in [6.45, 7) is 1.72. The van der Waals surface area contributed by atoms with Crippen molar-refractivity contribution < 1.29 is 27.4 Å². The van der Waals surface area contributed by atoms with Crippen LogP contribution in [0.1, 0.15) is 0 Å². The van der Waals surface area contributed by atoms with Gasteiger partial charge in [-0.15, -0.1) is 0 Å². The maximum absolute atomic E-state index is 14.5. The number of nitrogens with zero attached hydrogens (tertiary/aromatic N) is 3. The summed E-state index contributed by atoms with van der Waals surface area (Å²) >= 11 is 0. The maximum atomic E-state index is 14.5. The SMILES string of the molecule is Fc1ccc(Oc2nc(NCC3COCCO3)c3c(-c4ccccc4F)n[nH]c3n2)c(F)c1. The van der Waals surface area contributed by atoms with Crippen molar-refractivity contribution in [2.75, 3.05) is 31.7 Å². The number of aromatic amines is 1. The molecule has 5 rings (SSSR count). The van der Waals surface area contributed by atoms with Gasteiger partial charge in [0.05, 0.1) is 31.3 Å². The summed E-state index contributed by atoms with van der Waals surface area (Å²) in [5.41, 5.74) is 0.793. The fourth-order valence-electron chi connectivity index (χ4n) is 3.45. The number of fused-ring (bicyclic) bond motifs is 1. The van der Waals surface area contributed by atoms with Crippen molar-refractivity contribution in [1.29, 1.82) is 0 Å². The second-order valence-corrected chi connectivity index (χ2v) is 7.26. The molecule has 2 aromatic carbocycles. The Morgan fingerprint density at radius 2 is 1.94 bits per heavy atom. The minimum absolute atomic E-state index is 0.208. The summed E-state index contributed by atoms with van der Waals surface area (Å²) < 4.78 is 58.3. The Kier molecular flexibility index (Phi) is 5.80. The van der Waals surface area contributed by atoms with E-state index in [0.29, 0.717) is 43.5 Å². The van der Waals surface area contributed by atoms with E-state index in [1.807, 2.05) is 0 Å². The van der Waals surface area contributed by atoms with Crippen molar-refractivity contribution in [3.8, 4) is 23.0 Å². The second kappa shape index (κ2) is 9.04. The van der Waals surface area contributed by atoms with Crippen LogP contribution in [-0.2, 0) is 9.47 Å². The van der Waals surface area contributed by atoms with E-state index in [1.165, 1.54) is 6.07 Å². The number of aromatic nitrogens is 4. The largest absolute Gasteiger partial charge is 0.421 e. The first-order valence-corrected chi connectivity index (χ1v) is 10.2. The van der Waals surface area contributed by atoms with E-state index in [1.54, 1.807) is 18.2 Å². The predicted molar refractivity (Wildman–Crippen MR) is 113 cm³/mol. The molecule has 11 heteroatoms. The molecule has 4 aromatic rings. The molecule has 0 aliphatic carbocycles. The molecule has 1 saturated heterocycles. The summed E-state index contributed by atoms with van der Waals surface area (Å²) in [5.74, 6) is -2.08. The number of nitrogens with one attached hydrogen (secondary N) is 2. The smallest absolute Gasteiger partial charge is 0.326 e. The van der Waals surface area contributed by atoms with Crippen LogP contribution in [0, 0.1) is 17.5 Å². The Morgan fingerprint density at radius 1 is 1.06 bits per heavy atom. The Bertz CT molecular complexity index is 1290. The fourth-order valence-corrected chi connectivity index (χ4v) is 3.45. The van der Waals surface area contributed by atoms with Crippen molar-refractivity contribution in [1.82, 2.24) is 20.2 Å². The highest BCUT2D eigenvalue weighted by Crippen LogP contribution is 2.34. The molecular formula is C22H18F3N5O3. The van der Waals surface area contributed by atoms with E-state index < -0.39 is 17.5 Å². The fraction of sp³-hybridized carbons (Fsp3) is 0.227. The van der Waals surface area contributed by atoms with Crippen LogP contribution >= 0.6 is 0 Å². The predicted octanol–water partition coefficient (Wildman–Crippen LogP) is 4.06. The Morgan fingerprint density at radius 3 is 2.73 bits per heavy atom. The van der Waals surface area contributed by atoms with Crippen LogP contribution in [0.5, 0.6) is 11.8 Å². The molecule has 1 fully saturated rings. The van der Waals surface area contributed by atoms with Gasteiger partial charge in [0.15, 0.2) is 17.2 Å². The lowest BCUT2D eigenvalue weighted by Crippen LogP contribution is -2.34. The number of rotatable bonds is 6. The van der Waals surface area contributed by atoms with Crippen LogP contribution in [0.3, 0.4) is 0 Å². The third kappa shape index (κ3) is 4.45. The van der Waals surface area contributed by atoms with Gasteiger partial charge in [0.25, 0.3) is 0 Å². The standard InChI is InChI=1S/C22H18F3N5O3/c23-12-5-6-17(16(25)9-12)33-22-27-20(26-10-13-11-31-7-8-32-13)18-19(29-30-21(18)28-22)14-3-1-2-4-15(14)24/h1-6,9,13H,7-8,10-11H2,(H2,26,27,28,29,30). The van der Waals surface area contributed by atoms with Gasteiger partial charge in [-0.2, -0.15) is 15.1 Å². The normalized spacial score (nSPS) is 16.2. The maximum Gasteiger partial charge on any atom is 0.326 e. The highest BCUT2D eigenvalue weighted by molar-refractivity contribution is 5.99. The average Bonchev–Trinajstić information content (AvgIpc) is 3.24. The number of hydrogen-bond acceptors (Lipinski definition) is 7. The van der Waals surface area contributed by atoms with Gasteiger partial charge >= 0.3 is 6.01 Å². The monoisotopic (exact) mass is 457 g/mol.